The van der Waals surface area contributed by atoms with Crippen molar-refractivity contribution in [3.05, 3.63) is 23.8 Å². The average molecular weight is 401 g/mol. The van der Waals surface area contributed by atoms with Crippen LogP contribution in [-0.2, 0) is 9.59 Å². The van der Waals surface area contributed by atoms with Crippen LogP contribution in [0.25, 0.3) is 0 Å². The molecule has 0 aromatic heterocycles. The molecular weight excluding hydrogens is 374 g/mol. The van der Waals surface area contributed by atoms with Crippen LogP contribution in [-0.4, -0.2) is 78.0 Å². The van der Waals surface area contributed by atoms with Crippen molar-refractivity contribution < 1.29 is 23.9 Å². The van der Waals surface area contributed by atoms with E-state index in [-0.39, 0.29) is 49.1 Å². The molecule has 0 spiro atoms. The molecule has 3 heterocycles. The topological polar surface area (TPSA) is 79.4 Å². The van der Waals surface area contributed by atoms with Gasteiger partial charge in [0.05, 0.1) is 12.0 Å². The molecule has 3 amide bonds. The van der Waals surface area contributed by atoms with Crippen LogP contribution in [0.1, 0.15) is 37.0 Å². The molecule has 0 N–H and O–H groups in total. The van der Waals surface area contributed by atoms with E-state index in [1.54, 1.807) is 35.0 Å². The van der Waals surface area contributed by atoms with Crippen LogP contribution in [0.4, 0.5) is 0 Å². The minimum Gasteiger partial charge on any atom is -0.454 e. The number of hydrogen-bond donors (Lipinski definition) is 0. The Hall–Kier alpha value is -2.77. The van der Waals surface area contributed by atoms with Crippen LogP contribution in [0, 0.1) is 5.92 Å². The molecule has 8 nitrogen and oxygen atoms in total. The fraction of sp³-hybridized carbons (Fsp3) is 0.571. The second-order valence-electron chi connectivity index (χ2n) is 7.88. The second-order valence-corrected chi connectivity index (χ2v) is 7.88. The molecular formula is C21H27N3O5. The molecule has 3 aliphatic heterocycles. The highest BCUT2D eigenvalue weighted by molar-refractivity contribution is 5.98. The number of fused-ring (bicyclic) bond motifs is 2. The van der Waals surface area contributed by atoms with E-state index in [2.05, 4.69) is 0 Å². The van der Waals surface area contributed by atoms with Gasteiger partial charge in [0.15, 0.2) is 11.5 Å². The van der Waals surface area contributed by atoms with E-state index < -0.39 is 0 Å². The molecule has 4 rings (SSSR count). The smallest absolute Gasteiger partial charge is 0.254 e. The minimum absolute atomic E-state index is 0.0325. The number of benzene rings is 1. The molecule has 3 atom stereocenters. The van der Waals surface area contributed by atoms with Crippen molar-refractivity contribution in [3.63, 3.8) is 0 Å². The van der Waals surface area contributed by atoms with Crippen LogP contribution in [0.15, 0.2) is 18.2 Å². The van der Waals surface area contributed by atoms with E-state index in [4.69, 9.17) is 9.47 Å². The van der Waals surface area contributed by atoms with E-state index >= 15 is 0 Å². The van der Waals surface area contributed by atoms with Crippen LogP contribution in [0.5, 0.6) is 11.5 Å². The molecule has 29 heavy (non-hydrogen) atoms. The zero-order valence-corrected chi connectivity index (χ0v) is 17.1. The van der Waals surface area contributed by atoms with Crippen molar-refractivity contribution in [2.75, 3.05) is 33.5 Å². The van der Waals surface area contributed by atoms with Gasteiger partial charge in [-0.3, -0.25) is 14.4 Å². The maximum Gasteiger partial charge on any atom is 0.254 e. The maximum absolute atomic E-state index is 13.0. The highest BCUT2D eigenvalue weighted by Gasteiger charge is 2.49. The minimum atomic E-state index is -0.209. The van der Waals surface area contributed by atoms with Crippen molar-refractivity contribution in [2.45, 2.75) is 38.8 Å². The summed E-state index contributed by atoms with van der Waals surface area (Å²) < 4.78 is 10.7. The summed E-state index contributed by atoms with van der Waals surface area (Å²) in [6.45, 7) is 5.21. The van der Waals surface area contributed by atoms with Crippen LogP contribution < -0.4 is 9.47 Å². The van der Waals surface area contributed by atoms with Gasteiger partial charge in [0.25, 0.3) is 5.91 Å². The van der Waals surface area contributed by atoms with Crippen LogP contribution >= 0.6 is 0 Å². The number of piperazine rings is 1. The maximum atomic E-state index is 13.0. The summed E-state index contributed by atoms with van der Waals surface area (Å²) in [7, 11) is 1.80. The Morgan fingerprint density at radius 3 is 2.69 bits per heavy atom. The first kappa shape index (κ1) is 19.5. The van der Waals surface area contributed by atoms with Gasteiger partial charge in [0, 0.05) is 31.7 Å². The van der Waals surface area contributed by atoms with Gasteiger partial charge in [-0.2, -0.15) is 0 Å². The van der Waals surface area contributed by atoms with Crippen molar-refractivity contribution in [2.24, 2.45) is 5.92 Å². The molecule has 2 saturated heterocycles. The first-order chi connectivity index (χ1) is 13.9. The summed E-state index contributed by atoms with van der Waals surface area (Å²) in [6, 6.07) is 4.84. The monoisotopic (exact) mass is 401 g/mol. The molecule has 0 bridgehead atoms. The Balaban J connectivity index is 1.52. The van der Waals surface area contributed by atoms with Gasteiger partial charge in [-0.1, -0.05) is 6.92 Å². The Kier molecular flexibility index (Phi) is 5.10. The van der Waals surface area contributed by atoms with E-state index in [0.717, 1.165) is 6.42 Å². The van der Waals surface area contributed by atoms with Gasteiger partial charge in [-0.15, -0.1) is 0 Å². The number of rotatable bonds is 4. The molecule has 3 aliphatic rings. The summed E-state index contributed by atoms with van der Waals surface area (Å²) in [5.41, 5.74) is 0.471. The first-order valence-electron chi connectivity index (χ1n) is 10.2. The lowest BCUT2D eigenvalue weighted by molar-refractivity contribution is -0.140. The standard InChI is InChI=1S/C21H27N3O5/c1-4-16-15(21(27)22(3)5-2)9-14-10-23(11-19(25)24(14)16)20(26)13-6-7-17-18(8-13)29-12-28-17/h6-8,14-16H,4-5,9-12H2,1-3H3/t14-,15-,16-/m0/s1. The third-order valence-electron chi connectivity index (χ3n) is 6.28. The van der Waals surface area contributed by atoms with Gasteiger partial charge < -0.3 is 24.2 Å². The Morgan fingerprint density at radius 1 is 1.21 bits per heavy atom. The second kappa shape index (κ2) is 7.57. The quantitative estimate of drug-likeness (QED) is 0.761. The number of amides is 3. The Bertz CT molecular complexity index is 842. The number of hydrogen-bond acceptors (Lipinski definition) is 5. The van der Waals surface area contributed by atoms with Gasteiger partial charge >= 0.3 is 0 Å². The summed E-state index contributed by atoms with van der Waals surface area (Å²) >= 11 is 0. The lowest BCUT2D eigenvalue weighted by atomic mass is 9.95. The molecule has 0 saturated carbocycles. The molecule has 1 aromatic carbocycles. The first-order valence-corrected chi connectivity index (χ1v) is 10.2. The van der Waals surface area contributed by atoms with Crippen LogP contribution in [0.3, 0.4) is 0 Å². The lowest BCUT2D eigenvalue weighted by Crippen LogP contribution is -2.57. The highest BCUT2D eigenvalue weighted by atomic mass is 16.7. The fourth-order valence-electron chi connectivity index (χ4n) is 4.70. The molecule has 8 heteroatoms. The van der Waals surface area contributed by atoms with Crippen LogP contribution in [0.2, 0.25) is 0 Å². The Morgan fingerprint density at radius 2 is 1.97 bits per heavy atom. The van der Waals surface area contributed by atoms with Gasteiger partial charge in [-0.05, 0) is 38.0 Å². The SMILES string of the molecule is CC[C@H]1[C@@H](C(=O)N(C)CC)C[C@H]2CN(C(=O)c3ccc4c(c3)OCO4)CC(=O)N21. The van der Waals surface area contributed by atoms with E-state index in [1.165, 1.54) is 0 Å². The molecule has 0 aliphatic carbocycles. The molecule has 0 radical (unpaired) electrons. The third-order valence-corrected chi connectivity index (χ3v) is 6.28. The normalized spacial score (nSPS) is 25.2. The molecule has 2 fully saturated rings. The Labute approximate surface area is 170 Å². The predicted molar refractivity (Wildman–Crippen MR) is 105 cm³/mol. The number of carbonyl (C=O) groups is 3. The largest absolute Gasteiger partial charge is 0.454 e. The van der Waals surface area contributed by atoms with Crippen molar-refractivity contribution in [1.29, 1.82) is 0 Å². The van der Waals surface area contributed by atoms with E-state index in [1.807, 2.05) is 18.7 Å². The average Bonchev–Trinajstić information content (AvgIpc) is 3.35. The highest BCUT2D eigenvalue weighted by Crippen LogP contribution is 2.37. The lowest BCUT2D eigenvalue weighted by Gasteiger charge is -2.40. The van der Waals surface area contributed by atoms with E-state index in [0.29, 0.717) is 36.6 Å². The summed E-state index contributed by atoms with van der Waals surface area (Å²) in [5.74, 6) is 0.738. The van der Waals surface area contributed by atoms with Crippen molar-refractivity contribution >= 4 is 17.7 Å². The number of carbonyl (C=O) groups excluding carboxylic acids is 3. The fourth-order valence-corrected chi connectivity index (χ4v) is 4.70. The molecule has 156 valence electrons. The van der Waals surface area contributed by atoms with Gasteiger partial charge in [-0.25, -0.2) is 0 Å². The zero-order chi connectivity index (χ0) is 20.7. The predicted octanol–water partition coefficient (Wildman–Crippen LogP) is 1.35. The zero-order valence-electron chi connectivity index (χ0n) is 17.1. The van der Waals surface area contributed by atoms with Gasteiger partial charge in [0.2, 0.25) is 18.6 Å². The van der Waals surface area contributed by atoms with Gasteiger partial charge in [0.1, 0.15) is 6.54 Å². The number of ether oxygens (including phenoxy) is 2. The van der Waals surface area contributed by atoms with E-state index in [9.17, 15) is 14.4 Å². The van der Waals surface area contributed by atoms with Crippen molar-refractivity contribution in [1.82, 2.24) is 14.7 Å². The molecule has 1 aromatic rings. The summed E-state index contributed by atoms with van der Waals surface area (Å²) in [5, 5.41) is 0. The summed E-state index contributed by atoms with van der Waals surface area (Å²) in [4.78, 5) is 44.0. The molecule has 0 unspecified atom stereocenters. The van der Waals surface area contributed by atoms with Crippen molar-refractivity contribution in [3.8, 4) is 11.5 Å². The third kappa shape index (κ3) is 3.30. The summed E-state index contributed by atoms with van der Waals surface area (Å²) in [6.07, 6.45) is 1.32. The number of nitrogens with zero attached hydrogens (tertiary/aromatic N) is 3.